The first-order chi connectivity index (χ1) is 6.40. The molecule has 0 heterocycles. The second-order valence-corrected chi connectivity index (χ2v) is 4.72. The van der Waals surface area contributed by atoms with Crippen LogP contribution in [0.5, 0.6) is 0 Å². The van der Waals surface area contributed by atoms with Crippen molar-refractivity contribution in [3.8, 4) is 6.07 Å². The summed E-state index contributed by atoms with van der Waals surface area (Å²) in [6.07, 6.45) is 0. The van der Waals surface area contributed by atoms with E-state index in [1.165, 1.54) is 6.07 Å². The summed E-state index contributed by atoms with van der Waals surface area (Å²) >= 11 is 8.91. The van der Waals surface area contributed by atoms with Crippen LogP contribution in [0.2, 0.25) is 5.02 Å². The molecule has 1 rings (SSSR count). The van der Waals surface area contributed by atoms with E-state index in [2.05, 4.69) is 15.9 Å². The van der Waals surface area contributed by atoms with Gasteiger partial charge in [0.2, 0.25) is 0 Å². The van der Waals surface area contributed by atoms with E-state index in [1.807, 2.05) is 6.07 Å². The quantitative estimate of drug-likeness (QED) is 0.710. The number of nitrogens with zero attached hydrogens (tertiary/aromatic N) is 1. The molecule has 0 fully saturated rings. The minimum absolute atomic E-state index is 0.232. The highest BCUT2D eigenvalue weighted by molar-refractivity contribution is 9.10. The zero-order valence-corrected chi connectivity index (χ0v) is 10.1. The lowest BCUT2D eigenvalue weighted by molar-refractivity contribution is 0.560. The molecular formula is C10H8BrClFN. The van der Waals surface area contributed by atoms with E-state index in [4.69, 9.17) is 16.9 Å². The van der Waals surface area contributed by atoms with Gasteiger partial charge in [0, 0.05) is 10.6 Å². The number of rotatable bonds is 1. The molecule has 0 aliphatic heterocycles. The van der Waals surface area contributed by atoms with Gasteiger partial charge in [-0.1, -0.05) is 11.6 Å². The second kappa shape index (κ2) is 3.88. The third kappa shape index (κ3) is 1.92. The third-order valence-corrected chi connectivity index (χ3v) is 2.88. The summed E-state index contributed by atoms with van der Waals surface area (Å²) in [6.45, 7) is 3.26. The lowest BCUT2D eigenvalue weighted by Crippen LogP contribution is -2.17. The fourth-order valence-corrected chi connectivity index (χ4v) is 1.87. The monoisotopic (exact) mass is 275 g/mol. The number of benzene rings is 1. The molecule has 14 heavy (non-hydrogen) atoms. The predicted octanol–water partition coefficient (Wildman–Crippen LogP) is 4.04. The van der Waals surface area contributed by atoms with E-state index in [-0.39, 0.29) is 10.6 Å². The summed E-state index contributed by atoms with van der Waals surface area (Å²) in [5, 5.41) is 9.17. The van der Waals surface area contributed by atoms with Gasteiger partial charge in [-0.15, -0.1) is 0 Å². The van der Waals surface area contributed by atoms with Crippen molar-refractivity contribution in [3.63, 3.8) is 0 Å². The van der Waals surface area contributed by atoms with E-state index < -0.39 is 11.2 Å². The summed E-state index contributed by atoms with van der Waals surface area (Å²) < 4.78 is 14.0. The van der Waals surface area contributed by atoms with Crippen molar-refractivity contribution < 1.29 is 4.39 Å². The molecular weight excluding hydrogens is 268 g/mol. The Morgan fingerprint density at radius 2 is 2.07 bits per heavy atom. The lowest BCUT2D eigenvalue weighted by atomic mass is 9.86. The first-order valence-electron chi connectivity index (χ1n) is 3.95. The summed E-state index contributed by atoms with van der Waals surface area (Å²) in [5.74, 6) is -0.468. The van der Waals surface area contributed by atoms with Crippen molar-refractivity contribution in [2.24, 2.45) is 0 Å². The minimum Gasteiger partial charge on any atom is -0.205 e. The lowest BCUT2D eigenvalue weighted by Gasteiger charge is -2.18. The van der Waals surface area contributed by atoms with E-state index in [1.54, 1.807) is 19.9 Å². The van der Waals surface area contributed by atoms with Gasteiger partial charge in [-0.05, 0) is 41.9 Å². The number of halogens is 3. The molecule has 0 saturated carbocycles. The van der Waals surface area contributed by atoms with E-state index in [0.29, 0.717) is 4.47 Å². The highest BCUT2D eigenvalue weighted by atomic mass is 79.9. The molecule has 0 amide bonds. The SMILES string of the molecule is CC(C)(C#N)c1c(Cl)ccc(Br)c1F. The number of hydrogen-bond acceptors (Lipinski definition) is 1. The van der Waals surface area contributed by atoms with Crippen molar-refractivity contribution in [3.05, 3.63) is 33.0 Å². The van der Waals surface area contributed by atoms with E-state index in [9.17, 15) is 4.39 Å². The van der Waals surface area contributed by atoms with Crippen LogP contribution in [0, 0.1) is 17.1 Å². The van der Waals surface area contributed by atoms with Gasteiger partial charge in [0.05, 0.1) is 16.0 Å². The van der Waals surface area contributed by atoms with Crippen LogP contribution in [0.3, 0.4) is 0 Å². The van der Waals surface area contributed by atoms with Gasteiger partial charge in [-0.25, -0.2) is 4.39 Å². The molecule has 0 aromatic heterocycles. The van der Waals surface area contributed by atoms with Gasteiger partial charge in [0.25, 0.3) is 0 Å². The average Bonchev–Trinajstić information content (AvgIpc) is 2.12. The summed E-state index contributed by atoms with van der Waals surface area (Å²) in [6, 6.07) is 5.12. The summed E-state index contributed by atoms with van der Waals surface area (Å²) in [7, 11) is 0. The van der Waals surface area contributed by atoms with Crippen LogP contribution in [0.15, 0.2) is 16.6 Å². The maximum absolute atomic E-state index is 13.7. The average molecular weight is 277 g/mol. The van der Waals surface area contributed by atoms with Crippen molar-refractivity contribution >= 4 is 27.5 Å². The second-order valence-electron chi connectivity index (χ2n) is 3.45. The van der Waals surface area contributed by atoms with Crippen molar-refractivity contribution in [1.82, 2.24) is 0 Å². The van der Waals surface area contributed by atoms with E-state index >= 15 is 0 Å². The van der Waals surface area contributed by atoms with Crippen LogP contribution in [0.1, 0.15) is 19.4 Å². The zero-order chi connectivity index (χ0) is 10.9. The maximum Gasteiger partial charge on any atom is 0.143 e. The summed E-state index contributed by atoms with van der Waals surface area (Å²) in [5.41, 5.74) is -0.693. The smallest absolute Gasteiger partial charge is 0.143 e. The topological polar surface area (TPSA) is 23.8 Å². The van der Waals surface area contributed by atoms with Gasteiger partial charge in [0.1, 0.15) is 5.82 Å². The number of nitriles is 1. The van der Waals surface area contributed by atoms with Gasteiger partial charge in [-0.2, -0.15) is 5.26 Å². The molecule has 0 atom stereocenters. The largest absolute Gasteiger partial charge is 0.205 e. The molecule has 1 nitrogen and oxygen atoms in total. The Morgan fingerprint density at radius 1 is 1.50 bits per heavy atom. The predicted molar refractivity (Wildman–Crippen MR) is 57.7 cm³/mol. The van der Waals surface area contributed by atoms with Crippen LogP contribution in [0.25, 0.3) is 0 Å². The normalized spacial score (nSPS) is 11.1. The zero-order valence-electron chi connectivity index (χ0n) is 7.74. The molecule has 0 saturated heterocycles. The van der Waals surface area contributed by atoms with Crippen molar-refractivity contribution in [2.45, 2.75) is 19.3 Å². The van der Waals surface area contributed by atoms with Crippen LogP contribution < -0.4 is 0 Å². The van der Waals surface area contributed by atoms with Crippen LogP contribution >= 0.6 is 27.5 Å². The Kier molecular flexibility index (Phi) is 3.18. The molecule has 0 bridgehead atoms. The molecule has 0 radical (unpaired) electrons. The molecule has 0 spiro atoms. The third-order valence-electron chi connectivity index (χ3n) is 1.95. The van der Waals surface area contributed by atoms with Crippen LogP contribution in [0.4, 0.5) is 4.39 Å². The van der Waals surface area contributed by atoms with Gasteiger partial charge in [0.15, 0.2) is 0 Å². The Bertz CT molecular complexity index is 409. The molecule has 74 valence electrons. The molecule has 1 aromatic rings. The van der Waals surface area contributed by atoms with Crippen LogP contribution in [-0.2, 0) is 5.41 Å². The first kappa shape index (κ1) is 11.5. The van der Waals surface area contributed by atoms with Gasteiger partial charge in [-0.3, -0.25) is 0 Å². The molecule has 0 aliphatic carbocycles. The Labute approximate surface area is 95.6 Å². The minimum atomic E-state index is -0.926. The molecule has 0 N–H and O–H groups in total. The molecule has 4 heteroatoms. The molecule has 0 unspecified atom stereocenters. The highest BCUT2D eigenvalue weighted by Crippen LogP contribution is 2.34. The molecule has 0 aliphatic rings. The summed E-state index contributed by atoms with van der Waals surface area (Å²) in [4.78, 5) is 0. The molecule has 1 aromatic carbocycles. The number of hydrogen-bond donors (Lipinski definition) is 0. The first-order valence-corrected chi connectivity index (χ1v) is 5.12. The fourth-order valence-electron chi connectivity index (χ4n) is 1.16. The Morgan fingerprint density at radius 3 is 2.57 bits per heavy atom. The Balaban J connectivity index is 3.49. The highest BCUT2D eigenvalue weighted by Gasteiger charge is 2.27. The van der Waals surface area contributed by atoms with Crippen molar-refractivity contribution in [2.75, 3.05) is 0 Å². The van der Waals surface area contributed by atoms with Crippen LogP contribution in [-0.4, -0.2) is 0 Å². The van der Waals surface area contributed by atoms with Crippen molar-refractivity contribution in [1.29, 1.82) is 5.26 Å². The van der Waals surface area contributed by atoms with Gasteiger partial charge < -0.3 is 0 Å². The Hall–Kier alpha value is -0.590. The fraction of sp³-hybridized carbons (Fsp3) is 0.300. The van der Waals surface area contributed by atoms with E-state index in [0.717, 1.165) is 0 Å². The van der Waals surface area contributed by atoms with Gasteiger partial charge >= 0.3 is 0 Å². The maximum atomic E-state index is 13.7. The standard InChI is InChI=1S/C10H8BrClFN/c1-10(2,5-14)8-7(12)4-3-6(11)9(8)13/h3-4H,1-2H3.